The van der Waals surface area contributed by atoms with E-state index in [1.807, 2.05) is 0 Å². The van der Waals surface area contributed by atoms with Gasteiger partial charge in [-0.25, -0.2) is 0 Å². The van der Waals surface area contributed by atoms with E-state index in [0.717, 1.165) is 5.56 Å². The number of phenolic OH excluding ortho intramolecular Hbond substituents is 1. The van der Waals surface area contributed by atoms with Crippen molar-refractivity contribution in [1.82, 2.24) is 0 Å². The van der Waals surface area contributed by atoms with Gasteiger partial charge in [0.2, 0.25) is 0 Å². The molecule has 1 aromatic carbocycles. The van der Waals surface area contributed by atoms with Gasteiger partial charge in [-0.3, -0.25) is 9.59 Å². The van der Waals surface area contributed by atoms with Gasteiger partial charge in [0.1, 0.15) is 18.0 Å². The average Bonchev–Trinajstić information content (AvgIpc) is 2.21. The Morgan fingerprint density at radius 2 is 1.88 bits per heavy atom. The highest BCUT2D eigenvalue weighted by atomic mass is 16.5. The number of rotatable bonds is 5. The molecule has 0 aliphatic rings. The third kappa shape index (κ3) is 4.13. The molecule has 4 heteroatoms. The number of phenols is 1. The molecule has 0 fully saturated rings. The Hall–Kier alpha value is -1.84. The van der Waals surface area contributed by atoms with Crippen LogP contribution >= 0.6 is 0 Å². The molecule has 0 aromatic heterocycles. The monoisotopic (exact) mass is 222 g/mol. The molecule has 0 atom stereocenters. The third-order valence-corrected chi connectivity index (χ3v) is 1.98. The number of ketones is 1. The molecule has 4 nitrogen and oxygen atoms in total. The maximum atomic E-state index is 11.4. The molecule has 0 aliphatic carbocycles. The maximum Gasteiger partial charge on any atom is 0.313 e. The van der Waals surface area contributed by atoms with Gasteiger partial charge in [0.15, 0.2) is 0 Å². The van der Waals surface area contributed by atoms with Gasteiger partial charge in [0.25, 0.3) is 0 Å². The Morgan fingerprint density at radius 1 is 1.25 bits per heavy atom. The molecular formula is C12H14O4. The second-order valence-electron chi connectivity index (χ2n) is 3.36. The number of ether oxygens (including phenoxy) is 1. The summed E-state index contributed by atoms with van der Waals surface area (Å²) in [5.41, 5.74) is 0.770. The Labute approximate surface area is 93.9 Å². The molecule has 0 saturated heterocycles. The molecule has 0 unspecified atom stereocenters. The highest BCUT2D eigenvalue weighted by molar-refractivity contribution is 5.96. The average molecular weight is 222 g/mol. The van der Waals surface area contributed by atoms with Gasteiger partial charge >= 0.3 is 5.97 Å². The second kappa shape index (κ2) is 5.90. The van der Waals surface area contributed by atoms with Gasteiger partial charge in [0.05, 0.1) is 6.61 Å². The molecule has 0 saturated carbocycles. The summed E-state index contributed by atoms with van der Waals surface area (Å²) in [5.74, 6) is -0.531. The van der Waals surface area contributed by atoms with Crippen molar-refractivity contribution in [1.29, 1.82) is 0 Å². The number of carbonyl (C=O) groups excluding carboxylic acids is 2. The van der Waals surface area contributed by atoms with Crippen LogP contribution < -0.4 is 0 Å². The SMILES string of the molecule is CCOC(=O)CC(=O)Cc1ccc(O)cc1. The first kappa shape index (κ1) is 12.2. The number of carbonyl (C=O) groups is 2. The smallest absolute Gasteiger partial charge is 0.313 e. The number of hydrogen-bond donors (Lipinski definition) is 1. The van der Waals surface area contributed by atoms with Gasteiger partial charge in [0, 0.05) is 6.42 Å². The van der Waals surface area contributed by atoms with E-state index in [2.05, 4.69) is 4.74 Å². The predicted molar refractivity (Wildman–Crippen MR) is 58.1 cm³/mol. The van der Waals surface area contributed by atoms with Crippen LogP contribution in [0.2, 0.25) is 0 Å². The zero-order valence-corrected chi connectivity index (χ0v) is 9.10. The lowest BCUT2D eigenvalue weighted by molar-refractivity contribution is -0.145. The van der Waals surface area contributed by atoms with Crippen molar-refractivity contribution in [3.05, 3.63) is 29.8 Å². The fraction of sp³-hybridized carbons (Fsp3) is 0.333. The third-order valence-electron chi connectivity index (χ3n) is 1.98. The summed E-state index contributed by atoms with van der Waals surface area (Å²) in [6.07, 6.45) is -0.0200. The van der Waals surface area contributed by atoms with Crippen molar-refractivity contribution in [3.8, 4) is 5.75 Å². The van der Waals surface area contributed by atoms with Crippen molar-refractivity contribution < 1.29 is 19.4 Å². The molecule has 16 heavy (non-hydrogen) atoms. The Bertz CT molecular complexity index is 367. The molecule has 1 aromatic rings. The minimum Gasteiger partial charge on any atom is -0.508 e. The molecular weight excluding hydrogens is 208 g/mol. The Kier molecular flexibility index (Phi) is 4.51. The van der Waals surface area contributed by atoms with E-state index in [9.17, 15) is 9.59 Å². The van der Waals surface area contributed by atoms with E-state index in [4.69, 9.17) is 5.11 Å². The standard InChI is InChI=1S/C12H14O4/c1-2-16-12(15)8-11(14)7-9-3-5-10(13)6-4-9/h3-6,13H,2,7-8H2,1H3. The number of esters is 1. The zero-order valence-electron chi connectivity index (χ0n) is 9.10. The summed E-state index contributed by atoms with van der Waals surface area (Å²) in [5, 5.41) is 9.05. The van der Waals surface area contributed by atoms with Crippen molar-refractivity contribution in [2.24, 2.45) is 0 Å². The first-order valence-electron chi connectivity index (χ1n) is 5.07. The minimum absolute atomic E-state index is 0.154. The first-order valence-corrected chi connectivity index (χ1v) is 5.07. The molecule has 0 spiro atoms. The van der Waals surface area contributed by atoms with Crippen LogP contribution in [0.3, 0.4) is 0 Å². The summed E-state index contributed by atoms with van der Waals surface area (Å²) >= 11 is 0. The zero-order chi connectivity index (χ0) is 12.0. The molecule has 0 amide bonds. The quantitative estimate of drug-likeness (QED) is 0.605. The first-order chi connectivity index (χ1) is 7.61. The van der Waals surface area contributed by atoms with Crippen molar-refractivity contribution in [2.75, 3.05) is 6.61 Å². The number of aromatic hydroxyl groups is 1. The molecule has 0 bridgehead atoms. The summed E-state index contributed by atoms with van der Waals surface area (Å²) in [7, 11) is 0. The van der Waals surface area contributed by atoms with Gasteiger partial charge < -0.3 is 9.84 Å². The van der Waals surface area contributed by atoms with Crippen LogP contribution in [0.4, 0.5) is 0 Å². The normalized spacial score (nSPS) is 9.81. The van der Waals surface area contributed by atoms with E-state index in [1.54, 1.807) is 19.1 Å². The van der Waals surface area contributed by atoms with Gasteiger partial charge in [-0.15, -0.1) is 0 Å². The van der Waals surface area contributed by atoms with Gasteiger partial charge in [-0.05, 0) is 24.6 Å². The lowest BCUT2D eigenvalue weighted by Crippen LogP contribution is -2.12. The van der Waals surface area contributed by atoms with E-state index < -0.39 is 5.97 Å². The number of hydrogen-bond acceptors (Lipinski definition) is 4. The fourth-order valence-corrected chi connectivity index (χ4v) is 1.28. The summed E-state index contributed by atoms with van der Waals surface area (Å²) in [6.45, 7) is 1.98. The highest BCUT2D eigenvalue weighted by Gasteiger charge is 2.10. The molecule has 86 valence electrons. The molecule has 0 aliphatic heterocycles. The second-order valence-corrected chi connectivity index (χ2v) is 3.36. The summed E-state index contributed by atoms with van der Waals surface area (Å²) < 4.78 is 4.67. The number of benzene rings is 1. The minimum atomic E-state index is -0.494. The Balaban J connectivity index is 2.45. The van der Waals surface area contributed by atoms with E-state index in [1.165, 1.54) is 12.1 Å². The molecule has 1 rings (SSSR count). The van der Waals surface area contributed by atoms with E-state index in [-0.39, 0.29) is 31.0 Å². The molecule has 0 heterocycles. The fourth-order valence-electron chi connectivity index (χ4n) is 1.28. The van der Waals surface area contributed by atoms with E-state index in [0.29, 0.717) is 0 Å². The summed E-state index contributed by atoms with van der Waals surface area (Å²) in [4.78, 5) is 22.4. The van der Waals surface area contributed by atoms with Crippen molar-refractivity contribution >= 4 is 11.8 Å². The molecule has 0 radical (unpaired) electrons. The van der Waals surface area contributed by atoms with Crippen molar-refractivity contribution in [2.45, 2.75) is 19.8 Å². The lowest BCUT2D eigenvalue weighted by Gasteiger charge is -2.02. The largest absolute Gasteiger partial charge is 0.508 e. The lowest BCUT2D eigenvalue weighted by atomic mass is 10.1. The van der Waals surface area contributed by atoms with Crippen LogP contribution in [0.15, 0.2) is 24.3 Å². The van der Waals surface area contributed by atoms with Crippen LogP contribution in [0.1, 0.15) is 18.9 Å². The van der Waals surface area contributed by atoms with Crippen LogP contribution in [0.5, 0.6) is 5.75 Å². The number of Topliss-reactive ketones (excluding diaryl/α,β-unsaturated/α-hetero) is 1. The van der Waals surface area contributed by atoms with Gasteiger partial charge in [-0.1, -0.05) is 12.1 Å². The highest BCUT2D eigenvalue weighted by Crippen LogP contribution is 2.10. The topological polar surface area (TPSA) is 63.6 Å². The Morgan fingerprint density at radius 3 is 2.44 bits per heavy atom. The maximum absolute atomic E-state index is 11.4. The predicted octanol–water partition coefficient (Wildman–Crippen LogP) is 1.46. The van der Waals surface area contributed by atoms with Crippen LogP contribution in [-0.2, 0) is 20.7 Å². The van der Waals surface area contributed by atoms with Crippen LogP contribution in [0.25, 0.3) is 0 Å². The van der Waals surface area contributed by atoms with E-state index >= 15 is 0 Å². The van der Waals surface area contributed by atoms with Gasteiger partial charge in [-0.2, -0.15) is 0 Å². The van der Waals surface area contributed by atoms with Crippen LogP contribution in [0, 0.1) is 0 Å². The van der Waals surface area contributed by atoms with Crippen LogP contribution in [-0.4, -0.2) is 23.5 Å². The summed E-state index contributed by atoms with van der Waals surface area (Å²) in [6, 6.07) is 6.32. The van der Waals surface area contributed by atoms with Crippen molar-refractivity contribution in [3.63, 3.8) is 0 Å². The molecule has 1 N–H and O–H groups in total.